The average Bonchev–Trinajstić information content (AvgIpc) is 2.41. The standard InChI is InChI=1S/C13H9BrF3N3O/c14-9-7-18-6-5-11(9)20-12(21)19-10-4-2-1-3-8(10)13(15,16)17/h1-7H,(H2,18,19,20,21). The summed E-state index contributed by atoms with van der Waals surface area (Å²) in [5.41, 5.74) is -0.825. The zero-order chi connectivity index (χ0) is 15.5. The Morgan fingerprint density at radius 3 is 2.43 bits per heavy atom. The number of aromatic nitrogens is 1. The van der Waals surface area contributed by atoms with Crippen LogP contribution < -0.4 is 10.6 Å². The number of hydrogen-bond acceptors (Lipinski definition) is 2. The summed E-state index contributed by atoms with van der Waals surface area (Å²) in [5, 5.41) is 4.61. The first-order valence-corrected chi connectivity index (χ1v) is 6.51. The second-order valence-corrected chi connectivity index (χ2v) is 4.83. The average molecular weight is 360 g/mol. The van der Waals surface area contributed by atoms with Crippen molar-refractivity contribution in [3.05, 3.63) is 52.8 Å². The van der Waals surface area contributed by atoms with Crippen LogP contribution in [0.3, 0.4) is 0 Å². The fourth-order valence-electron chi connectivity index (χ4n) is 1.59. The van der Waals surface area contributed by atoms with Crippen molar-refractivity contribution in [3.63, 3.8) is 0 Å². The molecule has 0 bridgehead atoms. The van der Waals surface area contributed by atoms with Crippen molar-refractivity contribution in [2.24, 2.45) is 0 Å². The van der Waals surface area contributed by atoms with Crippen LogP contribution in [0.15, 0.2) is 47.2 Å². The van der Waals surface area contributed by atoms with Gasteiger partial charge in [-0.2, -0.15) is 13.2 Å². The van der Waals surface area contributed by atoms with E-state index < -0.39 is 17.8 Å². The van der Waals surface area contributed by atoms with Crippen LogP contribution in [0.5, 0.6) is 0 Å². The summed E-state index contributed by atoms with van der Waals surface area (Å²) in [4.78, 5) is 15.6. The molecule has 4 nitrogen and oxygen atoms in total. The van der Waals surface area contributed by atoms with Crippen LogP contribution in [0.25, 0.3) is 0 Å². The Hall–Kier alpha value is -2.09. The first kappa shape index (κ1) is 15.3. The van der Waals surface area contributed by atoms with E-state index >= 15 is 0 Å². The molecule has 1 aromatic heterocycles. The molecular weight excluding hydrogens is 351 g/mol. The maximum absolute atomic E-state index is 12.8. The lowest BCUT2D eigenvalue weighted by atomic mass is 10.1. The minimum absolute atomic E-state index is 0.312. The van der Waals surface area contributed by atoms with Gasteiger partial charge < -0.3 is 10.6 Å². The Kier molecular flexibility index (Phi) is 4.46. The molecule has 2 N–H and O–H groups in total. The number of pyridine rings is 1. The van der Waals surface area contributed by atoms with Gasteiger partial charge in [0.15, 0.2) is 0 Å². The molecule has 0 saturated heterocycles. The fraction of sp³-hybridized carbons (Fsp3) is 0.0769. The molecule has 2 rings (SSSR count). The molecule has 0 spiro atoms. The quantitative estimate of drug-likeness (QED) is 0.828. The lowest BCUT2D eigenvalue weighted by Crippen LogP contribution is -2.22. The zero-order valence-electron chi connectivity index (χ0n) is 10.4. The molecule has 21 heavy (non-hydrogen) atoms. The van der Waals surface area contributed by atoms with Gasteiger partial charge in [-0.3, -0.25) is 4.98 Å². The van der Waals surface area contributed by atoms with E-state index in [4.69, 9.17) is 0 Å². The number of hydrogen-bond donors (Lipinski definition) is 2. The van der Waals surface area contributed by atoms with Crippen molar-refractivity contribution in [2.75, 3.05) is 10.6 Å². The molecule has 1 heterocycles. The third-order valence-electron chi connectivity index (χ3n) is 2.50. The summed E-state index contributed by atoms with van der Waals surface area (Å²) >= 11 is 3.17. The van der Waals surface area contributed by atoms with Gasteiger partial charge in [0, 0.05) is 12.4 Å². The van der Waals surface area contributed by atoms with Crippen LogP contribution in [0.1, 0.15) is 5.56 Å². The molecule has 0 radical (unpaired) electrons. The predicted molar refractivity (Wildman–Crippen MR) is 76.0 cm³/mol. The van der Waals surface area contributed by atoms with Gasteiger partial charge in [0.2, 0.25) is 0 Å². The zero-order valence-corrected chi connectivity index (χ0v) is 12.0. The van der Waals surface area contributed by atoms with E-state index in [-0.39, 0.29) is 5.69 Å². The molecule has 0 aliphatic carbocycles. The SMILES string of the molecule is O=C(Nc1ccncc1Br)Nc1ccccc1C(F)(F)F. The highest BCUT2D eigenvalue weighted by molar-refractivity contribution is 9.10. The molecule has 1 aromatic carbocycles. The number of anilines is 2. The predicted octanol–water partition coefficient (Wildman–Crippen LogP) is 4.51. The van der Waals surface area contributed by atoms with E-state index in [1.54, 1.807) is 0 Å². The molecule has 0 atom stereocenters. The maximum atomic E-state index is 12.8. The third kappa shape index (κ3) is 3.94. The van der Waals surface area contributed by atoms with Crippen molar-refractivity contribution in [1.82, 2.24) is 4.98 Å². The van der Waals surface area contributed by atoms with E-state index in [2.05, 4.69) is 31.5 Å². The van der Waals surface area contributed by atoms with Crippen LogP contribution in [0.2, 0.25) is 0 Å². The number of carbonyl (C=O) groups excluding carboxylic acids is 1. The topological polar surface area (TPSA) is 54.0 Å². The van der Waals surface area contributed by atoms with E-state index in [1.165, 1.54) is 36.7 Å². The minimum Gasteiger partial charge on any atom is -0.307 e. The smallest absolute Gasteiger partial charge is 0.307 e. The number of benzene rings is 1. The van der Waals surface area contributed by atoms with Crippen molar-refractivity contribution >= 4 is 33.3 Å². The summed E-state index contributed by atoms with van der Waals surface area (Å²) in [6, 6.07) is 5.48. The van der Waals surface area contributed by atoms with Gasteiger partial charge in [0.25, 0.3) is 0 Å². The van der Waals surface area contributed by atoms with Gasteiger partial charge in [-0.25, -0.2) is 4.79 Å². The molecule has 0 saturated carbocycles. The molecule has 0 fully saturated rings. The Morgan fingerprint density at radius 1 is 1.10 bits per heavy atom. The van der Waals surface area contributed by atoms with Crippen LogP contribution in [-0.2, 0) is 6.18 Å². The van der Waals surface area contributed by atoms with E-state index in [0.717, 1.165) is 6.07 Å². The van der Waals surface area contributed by atoms with Gasteiger partial charge in [0.1, 0.15) is 0 Å². The Morgan fingerprint density at radius 2 is 1.76 bits per heavy atom. The van der Waals surface area contributed by atoms with E-state index in [0.29, 0.717) is 10.2 Å². The molecule has 0 aliphatic rings. The first-order chi connectivity index (χ1) is 9.88. The largest absolute Gasteiger partial charge is 0.418 e. The van der Waals surface area contributed by atoms with Gasteiger partial charge in [-0.05, 0) is 34.1 Å². The number of halogens is 4. The van der Waals surface area contributed by atoms with Gasteiger partial charge >= 0.3 is 12.2 Å². The van der Waals surface area contributed by atoms with Crippen molar-refractivity contribution in [3.8, 4) is 0 Å². The summed E-state index contributed by atoms with van der Waals surface area (Å²) < 4.78 is 38.9. The molecule has 110 valence electrons. The highest BCUT2D eigenvalue weighted by Crippen LogP contribution is 2.34. The highest BCUT2D eigenvalue weighted by Gasteiger charge is 2.33. The van der Waals surface area contributed by atoms with Crippen LogP contribution in [-0.4, -0.2) is 11.0 Å². The third-order valence-corrected chi connectivity index (χ3v) is 3.13. The summed E-state index contributed by atoms with van der Waals surface area (Å²) in [7, 11) is 0. The number of nitrogens with one attached hydrogen (secondary N) is 2. The number of carbonyl (C=O) groups is 1. The number of alkyl halides is 3. The van der Waals surface area contributed by atoms with Crippen molar-refractivity contribution in [1.29, 1.82) is 0 Å². The molecular formula is C13H9BrF3N3O. The number of amides is 2. The molecule has 8 heteroatoms. The van der Waals surface area contributed by atoms with Crippen molar-refractivity contribution < 1.29 is 18.0 Å². The number of rotatable bonds is 2. The minimum atomic E-state index is -4.54. The van der Waals surface area contributed by atoms with Gasteiger partial charge in [-0.1, -0.05) is 12.1 Å². The number of urea groups is 1. The lowest BCUT2D eigenvalue weighted by Gasteiger charge is -2.14. The van der Waals surface area contributed by atoms with E-state index in [1.807, 2.05) is 0 Å². The summed E-state index contributed by atoms with van der Waals surface area (Å²) in [6.07, 6.45) is -1.63. The Labute approximate surface area is 126 Å². The molecule has 2 aromatic rings. The fourth-order valence-corrected chi connectivity index (χ4v) is 1.94. The normalized spacial score (nSPS) is 11.0. The van der Waals surface area contributed by atoms with Crippen LogP contribution in [0, 0.1) is 0 Å². The lowest BCUT2D eigenvalue weighted by molar-refractivity contribution is -0.136. The molecule has 0 aliphatic heterocycles. The second kappa shape index (κ2) is 6.13. The van der Waals surface area contributed by atoms with E-state index in [9.17, 15) is 18.0 Å². The molecule has 2 amide bonds. The van der Waals surface area contributed by atoms with Crippen molar-refractivity contribution in [2.45, 2.75) is 6.18 Å². The Bertz CT molecular complexity index is 661. The van der Waals surface area contributed by atoms with Crippen LogP contribution in [0.4, 0.5) is 29.3 Å². The Balaban J connectivity index is 2.16. The highest BCUT2D eigenvalue weighted by atomic mass is 79.9. The van der Waals surface area contributed by atoms with Gasteiger partial charge in [0.05, 0.1) is 21.4 Å². The summed E-state index contributed by atoms with van der Waals surface area (Å²) in [6.45, 7) is 0. The maximum Gasteiger partial charge on any atom is 0.418 e. The summed E-state index contributed by atoms with van der Waals surface area (Å²) in [5.74, 6) is 0. The molecule has 0 unspecified atom stereocenters. The van der Waals surface area contributed by atoms with Crippen LogP contribution >= 0.6 is 15.9 Å². The number of nitrogens with zero attached hydrogens (tertiary/aromatic N) is 1. The van der Waals surface area contributed by atoms with Gasteiger partial charge in [-0.15, -0.1) is 0 Å². The number of para-hydroxylation sites is 1. The second-order valence-electron chi connectivity index (χ2n) is 3.98. The first-order valence-electron chi connectivity index (χ1n) is 5.71. The monoisotopic (exact) mass is 359 g/mol.